The minimum absolute atomic E-state index is 0.00852. The highest BCUT2D eigenvalue weighted by Crippen LogP contribution is 2.38. The molecule has 1 amide bonds. The molecule has 5 heteroatoms. The summed E-state index contributed by atoms with van der Waals surface area (Å²) in [6.45, 7) is 9.34. The number of rotatable bonds is 4. The summed E-state index contributed by atoms with van der Waals surface area (Å²) in [5.74, 6) is 0.836. The molecule has 0 aromatic heterocycles. The lowest BCUT2D eigenvalue weighted by Gasteiger charge is -2.38. The number of nitrogens with one attached hydrogen (secondary N) is 1. The molecule has 2 fully saturated rings. The van der Waals surface area contributed by atoms with Crippen LogP contribution >= 0.6 is 0 Å². The van der Waals surface area contributed by atoms with Crippen molar-refractivity contribution in [3.63, 3.8) is 0 Å². The Morgan fingerprint density at radius 2 is 2.15 bits per heavy atom. The fraction of sp³-hybridized carbons (Fsp3) is 0.933. The van der Waals surface area contributed by atoms with Gasteiger partial charge in [0.25, 0.3) is 0 Å². The Morgan fingerprint density at radius 1 is 1.45 bits per heavy atom. The van der Waals surface area contributed by atoms with Gasteiger partial charge < -0.3 is 15.8 Å². The molecule has 1 aliphatic heterocycles. The van der Waals surface area contributed by atoms with E-state index in [1.54, 1.807) is 0 Å². The maximum atomic E-state index is 11.9. The van der Waals surface area contributed by atoms with Crippen molar-refractivity contribution in [2.24, 2.45) is 11.7 Å². The minimum Gasteiger partial charge on any atom is -0.444 e. The van der Waals surface area contributed by atoms with Gasteiger partial charge in [0.15, 0.2) is 0 Å². The van der Waals surface area contributed by atoms with Gasteiger partial charge in [-0.1, -0.05) is 0 Å². The molecule has 20 heavy (non-hydrogen) atoms. The van der Waals surface area contributed by atoms with E-state index >= 15 is 0 Å². The van der Waals surface area contributed by atoms with Crippen molar-refractivity contribution < 1.29 is 9.53 Å². The molecule has 4 atom stereocenters. The van der Waals surface area contributed by atoms with Crippen LogP contribution in [0.1, 0.15) is 47.0 Å². The van der Waals surface area contributed by atoms with Gasteiger partial charge in [0.2, 0.25) is 0 Å². The lowest BCUT2D eigenvalue weighted by atomic mass is 10.0. The second kappa shape index (κ2) is 5.90. The zero-order chi connectivity index (χ0) is 14.9. The predicted molar refractivity (Wildman–Crippen MR) is 79.5 cm³/mol. The normalized spacial score (nSPS) is 29.2. The fourth-order valence-corrected chi connectivity index (χ4v) is 3.59. The van der Waals surface area contributed by atoms with Crippen LogP contribution < -0.4 is 11.1 Å². The van der Waals surface area contributed by atoms with Crippen LogP contribution in [0.5, 0.6) is 0 Å². The Labute approximate surface area is 122 Å². The van der Waals surface area contributed by atoms with Crippen molar-refractivity contribution in [2.45, 2.75) is 70.7 Å². The lowest BCUT2D eigenvalue weighted by molar-refractivity contribution is 0.0454. The Morgan fingerprint density at radius 3 is 2.60 bits per heavy atom. The Hall–Kier alpha value is -0.810. The number of carbonyl (C=O) groups excluding carboxylic acids is 1. The molecule has 3 N–H and O–H groups in total. The molecule has 0 radical (unpaired) electrons. The van der Waals surface area contributed by atoms with Crippen molar-refractivity contribution in [1.29, 1.82) is 0 Å². The van der Waals surface area contributed by atoms with E-state index in [-0.39, 0.29) is 18.2 Å². The molecular formula is C15H29N3O2. The van der Waals surface area contributed by atoms with Crippen LogP contribution in [0.15, 0.2) is 0 Å². The molecule has 0 aromatic carbocycles. The predicted octanol–water partition coefficient (Wildman–Crippen LogP) is 1.71. The van der Waals surface area contributed by atoms with E-state index in [4.69, 9.17) is 10.5 Å². The lowest BCUT2D eigenvalue weighted by Crippen LogP contribution is -2.56. The van der Waals surface area contributed by atoms with Crippen molar-refractivity contribution in [1.82, 2.24) is 10.2 Å². The van der Waals surface area contributed by atoms with Gasteiger partial charge >= 0.3 is 6.09 Å². The van der Waals surface area contributed by atoms with Crippen molar-refractivity contribution in [2.75, 3.05) is 13.1 Å². The van der Waals surface area contributed by atoms with Crippen molar-refractivity contribution in [3.8, 4) is 0 Å². The first-order valence-electron chi connectivity index (χ1n) is 7.75. The average molecular weight is 283 g/mol. The van der Waals surface area contributed by atoms with Gasteiger partial charge in [-0.25, -0.2) is 4.79 Å². The number of nitrogens with two attached hydrogens (primary N) is 1. The standard InChI is InChI=1S/C15H29N3O2/c1-10(17-14(19)20-15(2,3)4)13(8-16)18-9-11-5-6-12(18)7-11/h10-13H,5-9,16H2,1-4H3,(H,17,19). The average Bonchev–Trinajstić information content (AvgIpc) is 2.88. The largest absolute Gasteiger partial charge is 0.444 e. The van der Waals surface area contributed by atoms with E-state index in [0.717, 1.165) is 12.5 Å². The van der Waals surface area contributed by atoms with E-state index in [0.29, 0.717) is 12.6 Å². The molecule has 2 bridgehead atoms. The molecular weight excluding hydrogens is 254 g/mol. The molecule has 0 aromatic rings. The molecule has 0 spiro atoms. The van der Waals surface area contributed by atoms with Gasteiger partial charge in [-0.3, -0.25) is 4.90 Å². The molecule has 1 saturated heterocycles. The number of likely N-dealkylation sites (tertiary alicyclic amines) is 1. The van der Waals surface area contributed by atoms with E-state index in [2.05, 4.69) is 10.2 Å². The van der Waals surface area contributed by atoms with E-state index in [9.17, 15) is 4.79 Å². The SMILES string of the molecule is CC(NC(=O)OC(C)(C)C)C(CN)N1CC2CCC1C2. The first-order valence-corrected chi connectivity index (χ1v) is 7.75. The summed E-state index contributed by atoms with van der Waals surface area (Å²) < 4.78 is 5.32. The zero-order valence-electron chi connectivity index (χ0n) is 13.2. The van der Waals surface area contributed by atoms with Crippen LogP contribution in [-0.4, -0.2) is 47.8 Å². The van der Waals surface area contributed by atoms with Crippen LogP contribution in [0.2, 0.25) is 0 Å². The molecule has 1 aliphatic carbocycles. The van der Waals surface area contributed by atoms with Gasteiger partial charge in [0.05, 0.1) is 0 Å². The van der Waals surface area contributed by atoms with Crippen LogP contribution in [0.4, 0.5) is 4.79 Å². The molecule has 116 valence electrons. The maximum absolute atomic E-state index is 11.9. The van der Waals surface area contributed by atoms with Gasteiger partial charge in [-0.05, 0) is 52.9 Å². The maximum Gasteiger partial charge on any atom is 0.407 e. The summed E-state index contributed by atoms with van der Waals surface area (Å²) >= 11 is 0. The van der Waals surface area contributed by atoms with E-state index in [1.807, 2.05) is 27.7 Å². The van der Waals surface area contributed by atoms with Crippen LogP contribution in [0, 0.1) is 5.92 Å². The summed E-state index contributed by atoms with van der Waals surface area (Å²) in [4.78, 5) is 14.4. The van der Waals surface area contributed by atoms with Gasteiger partial charge in [-0.2, -0.15) is 0 Å². The third kappa shape index (κ3) is 3.64. The first-order chi connectivity index (χ1) is 9.30. The summed E-state index contributed by atoms with van der Waals surface area (Å²) in [6, 6.07) is 0.878. The number of carbonyl (C=O) groups is 1. The Balaban J connectivity index is 1.89. The highest BCUT2D eigenvalue weighted by molar-refractivity contribution is 5.68. The van der Waals surface area contributed by atoms with Gasteiger partial charge in [0.1, 0.15) is 5.60 Å². The zero-order valence-corrected chi connectivity index (χ0v) is 13.2. The number of piperidine rings is 1. The number of alkyl carbamates (subject to hydrolysis) is 1. The third-order valence-electron chi connectivity index (χ3n) is 4.44. The molecule has 2 rings (SSSR count). The number of hydrogen-bond donors (Lipinski definition) is 2. The Kier molecular flexibility index (Phi) is 4.59. The summed E-state index contributed by atoms with van der Waals surface area (Å²) in [6.07, 6.45) is 3.58. The van der Waals surface area contributed by atoms with Crippen molar-refractivity contribution in [3.05, 3.63) is 0 Å². The minimum atomic E-state index is -0.464. The van der Waals surface area contributed by atoms with Crippen LogP contribution in [-0.2, 0) is 4.74 Å². The summed E-state index contributed by atoms with van der Waals surface area (Å²) in [5.41, 5.74) is 5.49. The number of amides is 1. The van der Waals surface area contributed by atoms with Gasteiger partial charge in [-0.15, -0.1) is 0 Å². The van der Waals surface area contributed by atoms with E-state index in [1.165, 1.54) is 19.3 Å². The highest BCUT2D eigenvalue weighted by Gasteiger charge is 2.42. The monoisotopic (exact) mass is 283 g/mol. The van der Waals surface area contributed by atoms with E-state index < -0.39 is 5.60 Å². The quantitative estimate of drug-likeness (QED) is 0.824. The molecule has 5 nitrogen and oxygen atoms in total. The number of hydrogen-bond acceptors (Lipinski definition) is 4. The van der Waals surface area contributed by atoms with Gasteiger partial charge in [0, 0.05) is 31.2 Å². The highest BCUT2D eigenvalue weighted by atomic mass is 16.6. The smallest absolute Gasteiger partial charge is 0.407 e. The van der Waals surface area contributed by atoms with Crippen LogP contribution in [0.25, 0.3) is 0 Å². The summed E-state index contributed by atoms with van der Waals surface area (Å²) in [5, 5.41) is 2.94. The first kappa shape index (κ1) is 15.6. The number of nitrogens with zero attached hydrogens (tertiary/aromatic N) is 1. The van der Waals surface area contributed by atoms with Crippen LogP contribution in [0.3, 0.4) is 0 Å². The molecule has 4 unspecified atom stereocenters. The molecule has 2 aliphatic rings. The number of fused-ring (bicyclic) bond motifs is 2. The molecule has 1 heterocycles. The Bertz CT molecular complexity index is 354. The number of ether oxygens (including phenoxy) is 1. The second-order valence-corrected chi connectivity index (χ2v) is 7.27. The third-order valence-corrected chi connectivity index (χ3v) is 4.44. The summed E-state index contributed by atoms with van der Waals surface area (Å²) in [7, 11) is 0. The van der Waals surface area contributed by atoms with Crippen molar-refractivity contribution >= 4 is 6.09 Å². The molecule has 1 saturated carbocycles. The topological polar surface area (TPSA) is 67.6 Å². The fourth-order valence-electron chi connectivity index (χ4n) is 3.59. The second-order valence-electron chi connectivity index (χ2n) is 7.27.